The van der Waals surface area contributed by atoms with Crippen LogP contribution in [0, 0.1) is 5.82 Å². The summed E-state index contributed by atoms with van der Waals surface area (Å²) in [5.74, 6) is -1.14. The second kappa shape index (κ2) is 7.64. The molecule has 0 fully saturated rings. The topological polar surface area (TPSA) is 90.9 Å². The average Bonchev–Trinajstić information content (AvgIpc) is 2.65. The monoisotopic (exact) mass is 359 g/mol. The lowest BCUT2D eigenvalue weighted by Gasteiger charge is -2.18. The first-order valence-corrected chi connectivity index (χ1v) is 7.65. The molecule has 1 aliphatic heterocycles. The zero-order valence-corrected chi connectivity index (χ0v) is 13.5. The highest BCUT2D eigenvalue weighted by molar-refractivity contribution is 6.01. The molecule has 1 N–H and O–H groups in total. The lowest BCUT2D eigenvalue weighted by Crippen LogP contribution is -2.25. The first-order chi connectivity index (χ1) is 12.5. The third-order valence-corrected chi connectivity index (χ3v) is 3.47. The van der Waals surface area contributed by atoms with Crippen LogP contribution in [0.2, 0.25) is 0 Å². The molecule has 134 valence electrons. The Hall–Kier alpha value is -3.42. The molecule has 1 heterocycles. The summed E-state index contributed by atoms with van der Waals surface area (Å²) in [6.07, 6.45) is 0. The van der Waals surface area contributed by atoms with Crippen LogP contribution in [0.25, 0.3) is 0 Å². The molecule has 0 saturated carbocycles. The van der Waals surface area contributed by atoms with Crippen molar-refractivity contribution in [3.8, 4) is 11.5 Å². The number of rotatable bonds is 6. The van der Waals surface area contributed by atoms with Gasteiger partial charge in [-0.25, -0.2) is 9.18 Å². The number of Topliss-reactive ketones (excluding diaryl/α,β-unsaturated/α-hetero) is 1. The predicted molar refractivity (Wildman–Crippen MR) is 87.8 cm³/mol. The van der Waals surface area contributed by atoms with Gasteiger partial charge in [-0.1, -0.05) is 0 Å². The van der Waals surface area contributed by atoms with E-state index in [0.29, 0.717) is 17.2 Å². The Morgan fingerprint density at radius 3 is 2.65 bits per heavy atom. The maximum absolute atomic E-state index is 12.8. The number of ether oxygens (including phenoxy) is 3. The van der Waals surface area contributed by atoms with Crippen molar-refractivity contribution in [2.45, 2.75) is 0 Å². The number of benzene rings is 2. The second-order valence-corrected chi connectivity index (χ2v) is 5.37. The standard InChI is InChI=1S/C18H14FNO6/c19-12-2-4-13(5-3-12)24-10-18(23)26-8-15(21)11-1-6-16-14(7-11)20-17(22)9-25-16/h1-7H,8-10H2,(H,20,22). The van der Waals surface area contributed by atoms with Crippen LogP contribution in [0.1, 0.15) is 10.4 Å². The van der Waals surface area contributed by atoms with Crippen LogP contribution >= 0.6 is 0 Å². The molecule has 3 rings (SSSR count). The minimum absolute atomic E-state index is 0.0774. The van der Waals surface area contributed by atoms with Gasteiger partial charge in [0.05, 0.1) is 5.69 Å². The van der Waals surface area contributed by atoms with E-state index in [1.165, 1.54) is 36.4 Å². The first-order valence-electron chi connectivity index (χ1n) is 7.65. The Kier molecular flexibility index (Phi) is 5.12. The van der Waals surface area contributed by atoms with Gasteiger partial charge in [-0.05, 0) is 42.5 Å². The molecule has 0 saturated heterocycles. The third-order valence-electron chi connectivity index (χ3n) is 3.47. The molecule has 0 aromatic heterocycles. The van der Waals surface area contributed by atoms with Crippen molar-refractivity contribution in [3.63, 3.8) is 0 Å². The Balaban J connectivity index is 1.50. The largest absolute Gasteiger partial charge is 0.482 e. The van der Waals surface area contributed by atoms with Crippen molar-refractivity contribution < 1.29 is 33.0 Å². The fourth-order valence-electron chi connectivity index (χ4n) is 2.20. The average molecular weight is 359 g/mol. The Bertz CT molecular complexity index is 849. The zero-order chi connectivity index (χ0) is 18.5. The fraction of sp³-hybridized carbons (Fsp3) is 0.167. The highest BCUT2D eigenvalue weighted by Crippen LogP contribution is 2.28. The van der Waals surface area contributed by atoms with E-state index in [9.17, 15) is 18.8 Å². The van der Waals surface area contributed by atoms with Gasteiger partial charge in [0.1, 0.15) is 17.3 Å². The molecular formula is C18H14FNO6. The number of nitrogens with one attached hydrogen (secondary N) is 1. The van der Waals surface area contributed by atoms with Crippen LogP contribution < -0.4 is 14.8 Å². The van der Waals surface area contributed by atoms with Crippen LogP contribution in [-0.2, 0) is 14.3 Å². The zero-order valence-electron chi connectivity index (χ0n) is 13.5. The number of carbonyl (C=O) groups is 3. The number of amides is 1. The molecule has 2 aromatic rings. The van der Waals surface area contributed by atoms with E-state index in [2.05, 4.69) is 5.32 Å². The highest BCUT2D eigenvalue weighted by atomic mass is 19.1. The smallest absolute Gasteiger partial charge is 0.344 e. The van der Waals surface area contributed by atoms with Crippen LogP contribution in [0.5, 0.6) is 11.5 Å². The predicted octanol–water partition coefficient (Wildman–Crippen LogP) is 1.96. The summed E-state index contributed by atoms with van der Waals surface area (Å²) >= 11 is 0. The number of halogens is 1. The number of hydrogen-bond acceptors (Lipinski definition) is 6. The Labute approximate surface area is 147 Å². The van der Waals surface area contributed by atoms with Gasteiger partial charge < -0.3 is 19.5 Å². The quantitative estimate of drug-likeness (QED) is 0.626. The third kappa shape index (κ3) is 4.35. The van der Waals surface area contributed by atoms with Crippen LogP contribution in [0.4, 0.5) is 10.1 Å². The highest BCUT2D eigenvalue weighted by Gasteiger charge is 2.18. The van der Waals surface area contributed by atoms with Crippen molar-refractivity contribution in [1.82, 2.24) is 0 Å². The SMILES string of the molecule is O=C1COc2ccc(C(=O)COC(=O)COc3ccc(F)cc3)cc2N1. The van der Waals surface area contributed by atoms with E-state index in [4.69, 9.17) is 14.2 Å². The van der Waals surface area contributed by atoms with Gasteiger partial charge in [0, 0.05) is 5.56 Å². The molecular weight excluding hydrogens is 345 g/mol. The maximum Gasteiger partial charge on any atom is 0.344 e. The Morgan fingerprint density at radius 2 is 1.88 bits per heavy atom. The van der Waals surface area contributed by atoms with Gasteiger partial charge in [-0.2, -0.15) is 0 Å². The van der Waals surface area contributed by atoms with E-state index < -0.39 is 30.8 Å². The first kappa shape index (κ1) is 17.4. The van der Waals surface area contributed by atoms with Crippen molar-refractivity contribution in [2.24, 2.45) is 0 Å². The van der Waals surface area contributed by atoms with Gasteiger partial charge in [-0.15, -0.1) is 0 Å². The van der Waals surface area contributed by atoms with E-state index in [1.54, 1.807) is 6.07 Å². The number of hydrogen-bond donors (Lipinski definition) is 1. The molecule has 7 nitrogen and oxygen atoms in total. The molecule has 0 spiro atoms. The van der Waals surface area contributed by atoms with Crippen molar-refractivity contribution in [3.05, 3.63) is 53.8 Å². The van der Waals surface area contributed by atoms with Gasteiger partial charge in [0.2, 0.25) is 0 Å². The Morgan fingerprint density at radius 1 is 1.12 bits per heavy atom. The normalized spacial score (nSPS) is 12.4. The van der Waals surface area contributed by atoms with Crippen LogP contribution in [0.3, 0.4) is 0 Å². The molecule has 0 bridgehead atoms. The van der Waals surface area contributed by atoms with Gasteiger partial charge in [-0.3, -0.25) is 9.59 Å². The summed E-state index contributed by atoms with van der Waals surface area (Å²) in [5, 5.41) is 2.59. The number of fused-ring (bicyclic) bond motifs is 1. The van der Waals surface area contributed by atoms with Crippen molar-refractivity contribution >= 4 is 23.3 Å². The summed E-state index contributed by atoms with van der Waals surface area (Å²) in [7, 11) is 0. The van der Waals surface area contributed by atoms with E-state index in [-0.39, 0.29) is 18.1 Å². The molecule has 8 heteroatoms. The molecule has 1 aliphatic rings. The molecule has 2 aromatic carbocycles. The van der Waals surface area contributed by atoms with Crippen LogP contribution in [0.15, 0.2) is 42.5 Å². The molecule has 0 aliphatic carbocycles. The molecule has 0 unspecified atom stereocenters. The maximum atomic E-state index is 12.8. The molecule has 0 atom stereocenters. The van der Waals surface area contributed by atoms with Crippen molar-refractivity contribution in [1.29, 1.82) is 0 Å². The molecule has 26 heavy (non-hydrogen) atoms. The van der Waals surface area contributed by atoms with E-state index in [0.717, 1.165) is 0 Å². The van der Waals surface area contributed by atoms with E-state index in [1.807, 2.05) is 0 Å². The summed E-state index contributed by atoms with van der Waals surface area (Å²) in [6.45, 7) is -0.960. The second-order valence-electron chi connectivity index (χ2n) is 5.37. The summed E-state index contributed by atoms with van der Waals surface area (Å²) in [6, 6.07) is 9.67. The fourth-order valence-corrected chi connectivity index (χ4v) is 2.20. The number of ketones is 1. The molecule has 0 radical (unpaired) electrons. The minimum Gasteiger partial charge on any atom is -0.482 e. The lowest BCUT2D eigenvalue weighted by atomic mass is 10.1. The summed E-state index contributed by atoms with van der Waals surface area (Å²) in [4.78, 5) is 35.1. The molecule has 1 amide bonds. The lowest BCUT2D eigenvalue weighted by molar-refractivity contribution is -0.144. The van der Waals surface area contributed by atoms with Gasteiger partial charge in [0.25, 0.3) is 5.91 Å². The summed E-state index contributed by atoms with van der Waals surface area (Å²) < 4.78 is 28.0. The van der Waals surface area contributed by atoms with Crippen LogP contribution in [-0.4, -0.2) is 37.5 Å². The van der Waals surface area contributed by atoms with E-state index >= 15 is 0 Å². The number of esters is 1. The number of carbonyl (C=O) groups excluding carboxylic acids is 3. The number of anilines is 1. The summed E-state index contributed by atoms with van der Waals surface area (Å²) in [5.41, 5.74) is 0.653. The van der Waals surface area contributed by atoms with Gasteiger partial charge >= 0.3 is 5.97 Å². The van der Waals surface area contributed by atoms with Crippen molar-refractivity contribution in [2.75, 3.05) is 25.1 Å². The minimum atomic E-state index is -0.739. The van der Waals surface area contributed by atoms with Gasteiger partial charge in [0.15, 0.2) is 25.6 Å².